The Labute approximate surface area is 135 Å². The lowest BCUT2D eigenvalue weighted by Crippen LogP contribution is -1.97. The molecule has 3 heteroatoms. The maximum absolute atomic E-state index is 12.4. The number of hydrogen-bond donors (Lipinski definition) is 0. The lowest BCUT2D eigenvalue weighted by atomic mass is 10.1. The first kappa shape index (κ1) is 14.9. The molecule has 0 aliphatic rings. The van der Waals surface area contributed by atoms with E-state index >= 15 is 0 Å². The molecule has 0 atom stereocenters. The minimum absolute atomic E-state index is 0.0261. The van der Waals surface area contributed by atoms with E-state index in [0.29, 0.717) is 5.56 Å². The third-order valence-corrected chi connectivity index (χ3v) is 3.55. The number of allylic oxidation sites excluding steroid dienone is 1. The van der Waals surface area contributed by atoms with Crippen molar-refractivity contribution in [2.75, 3.05) is 7.11 Å². The molecule has 0 fully saturated rings. The minimum Gasteiger partial charge on any atom is -0.497 e. The summed E-state index contributed by atoms with van der Waals surface area (Å²) in [5, 5.41) is 0. The Morgan fingerprint density at radius 2 is 1.78 bits per heavy atom. The lowest BCUT2D eigenvalue weighted by molar-refractivity contribution is 0.104. The quantitative estimate of drug-likeness (QED) is 0.517. The number of aromatic nitrogens is 1. The second-order valence-electron chi connectivity index (χ2n) is 5.11. The van der Waals surface area contributed by atoms with Crippen LogP contribution < -0.4 is 4.74 Å². The van der Waals surface area contributed by atoms with Crippen LogP contribution in [0.2, 0.25) is 0 Å². The van der Waals surface area contributed by atoms with Crippen LogP contribution >= 0.6 is 0 Å². The number of ether oxygens (including phenoxy) is 1. The summed E-state index contributed by atoms with van der Waals surface area (Å²) in [4.78, 5) is 12.4. The van der Waals surface area contributed by atoms with E-state index in [9.17, 15) is 4.79 Å². The molecular weight excluding hydrogens is 286 g/mol. The number of carbonyl (C=O) groups is 1. The second kappa shape index (κ2) is 6.79. The van der Waals surface area contributed by atoms with Crippen molar-refractivity contribution in [2.45, 2.75) is 0 Å². The van der Waals surface area contributed by atoms with Gasteiger partial charge in [0.05, 0.1) is 7.11 Å². The van der Waals surface area contributed by atoms with Gasteiger partial charge < -0.3 is 9.30 Å². The number of carbonyl (C=O) groups excluding carboxylic acids is 1. The van der Waals surface area contributed by atoms with Crippen molar-refractivity contribution < 1.29 is 9.53 Å². The predicted octanol–water partition coefficient (Wildman–Crippen LogP) is 4.38. The third kappa shape index (κ3) is 3.58. The van der Waals surface area contributed by atoms with Crippen molar-refractivity contribution in [3.63, 3.8) is 0 Å². The summed E-state index contributed by atoms with van der Waals surface area (Å²) in [6, 6.07) is 19.1. The van der Waals surface area contributed by atoms with Crippen LogP contribution in [0.15, 0.2) is 79.1 Å². The van der Waals surface area contributed by atoms with Crippen molar-refractivity contribution in [1.29, 1.82) is 0 Å². The van der Waals surface area contributed by atoms with Crippen LogP contribution in [0.3, 0.4) is 0 Å². The molecule has 0 aliphatic heterocycles. The van der Waals surface area contributed by atoms with E-state index in [1.165, 1.54) is 0 Å². The Bertz CT molecular complexity index is 832. The molecule has 0 unspecified atom stereocenters. The van der Waals surface area contributed by atoms with Gasteiger partial charge in [0.1, 0.15) is 5.75 Å². The highest BCUT2D eigenvalue weighted by molar-refractivity contribution is 6.07. The zero-order valence-electron chi connectivity index (χ0n) is 12.8. The van der Waals surface area contributed by atoms with Crippen LogP contribution in [0.1, 0.15) is 15.9 Å². The fourth-order valence-electron chi connectivity index (χ4n) is 2.34. The van der Waals surface area contributed by atoms with E-state index in [2.05, 4.69) is 0 Å². The first-order chi connectivity index (χ1) is 11.3. The SMILES string of the molecule is COc1cccc(/C=C/C(=O)c2cccc(-n3cccc3)c2)c1. The van der Waals surface area contributed by atoms with Crippen LogP contribution in [-0.4, -0.2) is 17.5 Å². The molecule has 0 aliphatic carbocycles. The summed E-state index contributed by atoms with van der Waals surface area (Å²) in [5.41, 5.74) is 2.56. The number of ketones is 1. The molecule has 0 radical (unpaired) electrons. The molecule has 0 bridgehead atoms. The highest BCUT2D eigenvalue weighted by atomic mass is 16.5. The van der Waals surface area contributed by atoms with Gasteiger partial charge in [-0.3, -0.25) is 4.79 Å². The average Bonchev–Trinajstić information content (AvgIpc) is 3.14. The standard InChI is InChI=1S/C20H17NO2/c1-23-19-9-4-6-16(14-19)10-11-20(22)17-7-5-8-18(15-17)21-12-2-3-13-21/h2-15H,1H3/b11-10+. The van der Waals surface area contributed by atoms with Gasteiger partial charge in [-0.25, -0.2) is 0 Å². The molecule has 1 heterocycles. The molecule has 2 aromatic carbocycles. The van der Waals surface area contributed by atoms with Crippen molar-refractivity contribution in [3.8, 4) is 11.4 Å². The highest BCUT2D eigenvalue weighted by Gasteiger charge is 2.04. The molecule has 23 heavy (non-hydrogen) atoms. The number of nitrogens with zero attached hydrogens (tertiary/aromatic N) is 1. The molecule has 0 saturated carbocycles. The van der Waals surface area contributed by atoms with Gasteiger partial charge in [-0.2, -0.15) is 0 Å². The summed E-state index contributed by atoms with van der Waals surface area (Å²) in [6.07, 6.45) is 7.29. The maximum atomic E-state index is 12.4. The minimum atomic E-state index is -0.0261. The Balaban J connectivity index is 1.80. The lowest BCUT2D eigenvalue weighted by Gasteiger charge is -2.04. The van der Waals surface area contributed by atoms with Gasteiger partial charge in [-0.15, -0.1) is 0 Å². The van der Waals surface area contributed by atoms with Crippen LogP contribution in [0, 0.1) is 0 Å². The number of methoxy groups -OCH3 is 1. The van der Waals surface area contributed by atoms with Crippen LogP contribution in [0.5, 0.6) is 5.75 Å². The molecule has 1 aromatic heterocycles. The van der Waals surface area contributed by atoms with Crippen LogP contribution in [-0.2, 0) is 0 Å². The Morgan fingerprint density at radius 1 is 1.00 bits per heavy atom. The van der Waals surface area contributed by atoms with E-state index in [-0.39, 0.29) is 5.78 Å². The largest absolute Gasteiger partial charge is 0.497 e. The highest BCUT2D eigenvalue weighted by Crippen LogP contribution is 2.15. The van der Waals surface area contributed by atoms with Gasteiger partial charge in [-0.1, -0.05) is 30.3 Å². The zero-order valence-corrected chi connectivity index (χ0v) is 12.8. The summed E-state index contributed by atoms with van der Waals surface area (Å²) in [7, 11) is 1.63. The summed E-state index contributed by atoms with van der Waals surface area (Å²) < 4.78 is 7.16. The smallest absolute Gasteiger partial charge is 0.185 e. The van der Waals surface area contributed by atoms with E-state index < -0.39 is 0 Å². The molecular formula is C20H17NO2. The zero-order chi connectivity index (χ0) is 16.1. The van der Waals surface area contributed by atoms with Gasteiger partial charge in [0.25, 0.3) is 0 Å². The number of benzene rings is 2. The van der Waals surface area contributed by atoms with Gasteiger partial charge in [0.2, 0.25) is 0 Å². The summed E-state index contributed by atoms with van der Waals surface area (Å²) in [5.74, 6) is 0.746. The molecule has 0 spiro atoms. The van der Waals surface area contributed by atoms with Crippen molar-refractivity contribution in [2.24, 2.45) is 0 Å². The van der Waals surface area contributed by atoms with Gasteiger partial charge in [-0.05, 0) is 48.0 Å². The Hall–Kier alpha value is -3.07. The van der Waals surface area contributed by atoms with E-state index in [1.807, 2.05) is 77.6 Å². The Kier molecular flexibility index (Phi) is 4.39. The molecule has 114 valence electrons. The third-order valence-electron chi connectivity index (χ3n) is 3.55. The van der Waals surface area contributed by atoms with Gasteiger partial charge >= 0.3 is 0 Å². The van der Waals surface area contributed by atoms with Gasteiger partial charge in [0, 0.05) is 23.6 Å². The van der Waals surface area contributed by atoms with Crippen molar-refractivity contribution in [3.05, 3.63) is 90.3 Å². The normalized spacial score (nSPS) is 10.8. The van der Waals surface area contributed by atoms with E-state index in [1.54, 1.807) is 19.3 Å². The average molecular weight is 303 g/mol. The molecule has 0 amide bonds. The van der Waals surface area contributed by atoms with Crippen molar-refractivity contribution >= 4 is 11.9 Å². The first-order valence-electron chi connectivity index (χ1n) is 7.36. The fourth-order valence-corrected chi connectivity index (χ4v) is 2.34. The summed E-state index contributed by atoms with van der Waals surface area (Å²) in [6.45, 7) is 0. The van der Waals surface area contributed by atoms with Crippen molar-refractivity contribution in [1.82, 2.24) is 4.57 Å². The van der Waals surface area contributed by atoms with Crippen LogP contribution in [0.25, 0.3) is 11.8 Å². The number of hydrogen-bond acceptors (Lipinski definition) is 2. The van der Waals surface area contributed by atoms with Crippen LogP contribution in [0.4, 0.5) is 0 Å². The molecule has 3 nitrogen and oxygen atoms in total. The first-order valence-corrected chi connectivity index (χ1v) is 7.36. The van der Waals surface area contributed by atoms with E-state index in [0.717, 1.165) is 17.0 Å². The molecule has 0 N–H and O–H groups in total. The monoisotopic (exact) mass is 303 g/mol. The maximum Gasteiger partial charge on any atom is 0.185 e. The molecule has 3 aromatic rings. The number of rotatable bonds is 5. The molecule has 0 saturated heterocycles. The fraction of sp³-hybridized carbons (Fsp3) is 0.0500. The van der Waals surface area contributed by atoms with Gasteiger partial charge in [0.15, 0.2) is 5.78 Å². The topological polar surface area (TPSA) is 31.2 Å². The second-order valence-corrected chi connectivity index (χ2v) is 5.11. The predicted molar refractivity (Wildman–Crippen MR) is 92.1 cm³/mol. The molecule has 3 rings (SSSR count). The van der Waals surface area contributed by atoms with E-state index in [4.69, 9.17) is 4.74 Å². The Morgan fingerprint density at radius 3 is 2.57 bits per heavy atom. The summed E-state index contributed by atoms with van der Waals surface area (Å²) >= 11 is 0.